The van der Waals surface area contributed by atoms with Gasteiger partial charge in [0.1, 0.15) is 0 Å². The molecule has 8 aromatic carbocycles. The molecule has 1 nitrogen and oxygen atoms in total. The van der Waals surface area contributed by atoms with Crippen LogP contribution in [-0.4, -0.2) is 0 Å². The smallest absolute Gasteiger partial charge is 0.0546 e. The summed E-state index contributed by atoms with van der Waals surface area (Å²) < 4.78 is 2.66. The first-order valence-corrected chi connectivity index (χ1v) is 16.5. The van der Waals surface area contributed by atoms with Gasteiger partial charge in [-0.3, -0.25) is 0 Å². The molecule has 0 aliphatic rings. The Morgan fingerprint density at radius 3 is 1.87 bits per heavy atom. The first-order valence-electron chi connectivity index (χ1n) is 15.7. The van der Waals surface area contributed by atoms with Crippen LogP contribution in [0, 0.1) is 0 Å². The summed E-state index contributed by atoms with van der Waals surface area (Å²) in [6.45, 7) is 0. The molecule has 9 rings (SSSR count). The summed E-state index contributed by atoms with van der Waals surface area (Å²) in [5, 5.41) is 7.63. The fraction of sp³-hybridized carbons (Fsp3) is 0. The monoisotopic (exact) mass is 603 g/mol. The highest BCUT2D eigenvalue weighted by molar-refractivity contribution is 7.26. The van der Waals surface area contributed by atoms with E-state index in [1.165, 1.54) is 64.0 Å². The summed E-state index contributed by atoms with van der Waals surface area (Å²) in [6.07, 6.45) is 0. The van der Waals surface area contributed by atoms with Gasteiger partial charge in [-0.2, -0.15) is 0 Å². The van der Waals surface area contributed by atoms with Crippen molar-refractivity contribution in [2.75, 3.05) is 4.90 Å². The molecule has 0 spiro atoms. The first-order chi connectivity index (χ1) is 22.8. The molecule has 2 heteroatoms. The molecular weight excluding hydrogens is 575 g/mol. The summed E-state index contributed by atoms with van der Waals surface area (Å²) in [5.41, 5.74) is 8.32. The molecule has 46 heavy (non-hydrogen) atoms. The van der Waals surface area contributed by atoms with E-state index < -0.39 is 0 Å². The summed E-state index contributed by atoms with van der Waals surface area (Å²) in [6, 6.07) is 63.9. The van der Waals surface area contributed by atoms with Crippen molar-refractivity contribution in [2.45, 2.75) is 0 Å². The zero-order chi connectivity index (χ0) is 30.5. The van der Waals surface area contributed by atoms with Gasteiger partial charge >= 0.3 is 0 Å². The summed E-state index contributed by atoms with van der Waals surface area (Å²) in [5.74, 6) is 0. The predicted octanol–water partition coefficient (Wildman–Crippen LogP) is 13.2. The van der Waals surface area contributed by atoms with Gasteiger partial charge in [-0.25, -0.2) is 0 Å². The van der Waals surface area contributed by atoms with E-state index in [0.717, 1.165) is 17.1 Å². The third-order valence-corrected chi connectivity index (χ3v) is 10.3. The molecule has 9 aromatic rings. The number of thiophene rings is 1. The number of para-hydroxylation sites is 1. The van der Waals surface area contributed by atoms with Crippen molar-refractivity contribution < 1.29 is 0 Å². The Morgan fingerprint density at radius 2 is 0.978 bits per heavy atom. The van der Waals surface area contributed by atoms with Crippen molar-refractivity contribution in [1.29, 1.82) is 0 Å². The average Bonchev–Trinajstić information content (AvgIpc) is 3.52. The Hall–Kier alpha value is -5.70. The predicted molar refractivity (Wildman–Crippen MR) is 200 cm³/mol. The molecule has 0 aliphatic heterocycles. The maximum atomic E-state index is 2.45. The minimum Gasteiger partial charge on any atom is -0.309 e. The van der Waals surface area contributed by atoms with Crippen molar-refractivity contribution in [3.8, 4) is 22.3 Å². The quantitative estimate of drug-likeness (QED) is 0.177. The van der Waals surface area contributed by atoms with Crippen molar-refractivity contribution in [3.05, 3.63) is 176 Å². The molecule has 1 aromatic heterocycles. The van der Waals surface area contributed by atoms with Gasteiger partial charge in [-0.15, -0.1) is 11.3 Å². The fourth-order valence-electron chi connectivity index (χ4n) is 6.93. The molecular formula is C44H29NS. The highest BCUT2D eigenvalue weighted by atomic mass is 32.1. The van der Waals surface area contributed by atoms with Gasteiger partial charge in [0.05, 0.1) is 11.4 Å². The number of hydrogen-bond donors (Lipinski definition) is 0. The maximum Gasteiger partial charge on any atom is 0.0546 e. The molecule has 0 N–H and O–H groups in total. The van der Waals surface area contributed by atoms with E-state index >= 15 is 0 Å². The van der Waals surface area contributed by atoms with Crippen LogP contribution in [0.1, 0.15) is 0 Å². The van der Waals surface area contributed by atoms with Crippen molar-refractivity contribution in [1.82, 2.24) is 0 Å². The second-order valence-corrected chi connectivity index (χ2v) is 12.8. The molecule has 0 amide bonds. The third kappa shape index (κ3) is 4.38. The van der Waals surface area contributed by atoms with E-state index in [1.54, 1.807) is 0 Å². The molecule has 0 radical (unpaired) electrons. The highest BCUT2D eigenvalue weighted by Crippen LogP contribution is 2.46. The van der Waals surface area contributed by atoms with E-state index in [2.05, 4.69) is 181 Å². The molecule has 0 saturated carbocycles. The van der Waals surface area contributed by atoms with Crippen LogP contribution in [0.4, 0.5) is 17.1 Å². The Bertz CT molecular complexity index is 2530. The van der Waals surface area contributed by atoms with Crippen LogP contribution in [0.5, 0.6) is 0 Å². The minimum atomic E-state index is 1.12. The Morgan fingerprint density at radius 1 is 0.370 bits per heavy atom. The molecule has 0 atom stereocenters. The maximum absolute atomic E-state index is 2.45. The largest absolute Gasteiger partial charge is 0.309 e. The Kier molecular flexibility index (Phi) is 6.40. The van der Waals surface area contributed by atoms with E-state index in [9.17, 15) is 0 Å². The topological polar surface area (TPSA) is 3.24 Å². The van der Waals surface area contributed by atoms with Gasteiger partial charge < -0.3 is 4.90 Å². The van der Waals surface area contributed by atoms with Crippen LogP contribution in [-0.2, 0) is 0 Å². The van der Waals surface area contributed by atoms with E-state index in [4.69, 9.17) is 0 Å². The molecule has 0 bridgehead atoms. The van der Waals surface area contributed by atoms with Gasteiger partial charge in [0, 0.05) is 36.8 Å². The molecule has 1 heterocycles. The second-order valence-electron chi connectivity index (χ2n) is 11.7. The lowest BCUT2D eigenvalue weighted by molar-refractivity contribution is 1.30. The zero-order valence-electron chi connectivity index (χ0n) is 25.1. The summed E-state index contributed by atoms with van der Waals surface area (Å²) in [7, 11) is 0. The fourth-order valence-corrected chi connectivity index (χ4v) is 8.17. The van der Waals surface area contributed by atoms with Crippen molar-refractivity contribution in [3.63, 3.8) is 0 Å². The van der Waals surface area contributed by atoms with Crippen LogP contribution >= 0.6 is 11.3 Å². The lowest BCUT2D eigenvalue weighted by Gasteiger charge is -2.29. The second kappa shape index (κ2) is 11.0. The SMILES string of the molecule is c1ccc(-c2ccccc2N(c2ccc(-c3cccc4c3sc3ccccc34)cc2)c2cccc3ccc4ccccc4c23)cc1. The number of anilines is 3. The van der Waals surface area contributed by atoms with Crippen LogP contribution in [0.25, 0.3) is 64.0 Å². The normalized spacial score (nSPS) is 11.5. The van der Waals surface area contributed by atoms with Crippen molar-refractivity contribution in [2.24, 2.45) is 0 Å². The lowest BCUT2D eigenvalue weighted by Crippen LogP contribution is -2.12. The summed E-state index contributed by atoms with van der Waals surface area (Å²) >= 11 is 1.88. The van der Waals surface area contributed by atoms with Gasteiger partial charge in [0.25, 0.3) is 0 Å². The van der Waals surface area contributed by atoms with Crippen LogP contribution in [0.15, 0.2) is 176 Å². The molecule has 0 aliphatic carbocycles. The molecule has 0 unspecified atom stereocenters. The molecule has 0 fully saturated rings. The van der Waals surface area contributed by atoms with E-state index in [1.807, 2.05) is 11.3 Å². The van der Waals surface area contributed by atoms with Gasteiger partial charge in [-0.05, 0) is 63.2 Å². The van der Waals surface area contributed by atoms with Crippen LogP contribution in [0.3, 0.4) is 0 Å². The Labute approximate surface area is 272 Å². The molecule has 216 valence electrons. The van der Waals surface area contributed by atoms with E-state index in [0.29, 0.717) is 0 Å². The van der Waals surface area contributed by atoms with Gasteiger partial charge in [0.2, 0.25) is 0 Å². The highest BCUT2D eigenvalue weighted by Gasteiger charge is 2.20. The third-order valence-electron chi connectivity index (χ3n) is 9.06. The zero-order valence-corrected chi connectivity index (χ0v) is 25.9. The minimum absolute atomic E-state index is 1.12. The van der Waals surface area contributed by atoms with Crippen LogP contribution in [0.2, 0.25) is 0 Å². The number of hydrogen-bond acceptors (Lipinski definition) is 2. The van der Waals surface area contributed by atoms with Crippen molar-refractivity contribution >= 4 is 70.1 Å². The van der Waals surface area contributed by atoms with E-state index in [-0.39, 0.29) is 0 Å². The number of nitrogens with zero attached hydrogens (tertiary/aromatic N) is 1. The first kappa shape index (κ1) is 26.7. The van der Waals surface area contributed by atoms with Gasteiger partial charge in [-0.1, -0.05) is 146 Å². The summed E-state index contributed by atoms with van der Waals surface area (Å²) in [4.78, 5) is 2.45. The number of fused-ring (bicyclic) bond motifs is 6. The number of benzene rings is 8. The number of rotatable bonds is 5. The molecule has 0 saturated heterocycles. The van der Waals surface area contributed by atoms with Gasteiger partial charge in [0.15, 0.2) is 0 Å². The Balaban J connectivity index is 1.27. The average molecular weight is 604 g/mol. The standard InChI is InChI=1S/C44H29NS/c1-2-12-30(13-3-1)35-16-6-8-21-40(35)45(41-22-10-15-33-25-24-31-14-4-5-17-36(31)43(33)41)34-28-26-32(27-29-34)37-19-11-20-39-38-18-7-9-23-42(38)46-44(37)39/h1-29H. The van der Waals surface area contributed by atoms with Crippen LogP contribution < -0.4 is 4.90 Å². The lowest BCUT2D eigenvalue weighted by atomic mass is 9.97.